The highest BCUT2D eigenvalue weighted by Crippen LogP contribution is 2.23. The Labute approximate surface area is 92.5 Å². The summed E-state index contributed by atoms with van der Waals surface area (Å²) in [5.41, 5.74) is 5.98. The summed E-state index contributed by atoms with van der Waals surface area (Å²) in [6.45, 7) is -0.0429. The first-order chi connectivity index (χ1) is 7.10. The van der Waals surface area contributed by atoms with Gasteiger partial charge in [-0.2, -0.15) is 5.26 Å². The van der Waals surface area contributed by atoms with Crippen LogP contribution in [0.4, 0.5) is 0 Å². The number of benzene rings is 1. The second-order valence-electron chi connectivity index (χ2n) is 3.10. The molecular formula is C10H11ClN2O2. The van der Waals surface area contributed by atoms with Crippen LogP contribution >= 0.6 is 11.6 Å². The predicted octanol–water partition coefficient (Wildman–Crippen LogP) is 0.565. The van der Waals surface area contributed by atoms with Gasteiger partial charge in [-0.05, 0) is 17.7 Å². The normalized spacial score (nSPS) is 14.3. The molecule has 0 aromatic heterocycles. The maximum Gasteiger partial charge on any atom is 0.106 e. The van der Waals surface area contributed by atoms with Gasteiger partial charge in [-0.25, -0.2) is 0 Å². The third-order valence-corrected chi connectivity index (χ3v) is 2.37. The molecule has 1 aromatic rings. The molecule has 15 heavy (non-hydrogen) atoms. The molecule has 0 aliphatic carbocycles. The maximum atomic E-state index is 9.61. The largest absolute Gasteiger partial charge is 0.389 e. The molecule has 4 N–H and O–H groups in total. The van der Waals surface area contributed by atoms with Crippen molar-refractivity contribution in [1.29, 1.82) is 5.26 Å². The zero-order valence-corrected chi connectivity index (χ0v) is 8.65. The summed E-state index contributed by atoms with van der Waals surface area (Å²) in [7, 11) is 0. The van der Waals surface area contributed by atoms with Crippen LogP contribution in [0, 0.1) is 11.3 Å². The number of hydrogen-bond acceptors (Lipinski definition) is 4. The molecule has 0 amide bonds. The topological polar surface area (TPSA) is 90.3 Å². The van der Waals surface area contributed by atoms with E-state index in [4.69, 9.17) is 22.6 Å². The van der Waals surface area contributed by atoms with Crippen LogP contribution in [0.3, 0.4) is 0 Å². The Morgan fingerprint density at radius 1 is 1.47 bits per heavy atom. The Kier molecular flexibility index (Phi) is 4.06. The van der Waals surface area contributed by atoms with E-state index < -0.39 is 12.2 Å². The van der Waals surface area contributed by atoms with Crippen molar-refractivity contribution in [3.05, 3.63) is 34.3 Å². The average molecular weight is 227 g/mol. The van der Waals surface area contributed by atoms with E-state index in [1.807, 2.05) is 6.07 Å². The van der Waals surface area contributed by atoms with Crippen molar-refractivity contribution in [3.63, 3.8) is 0 Å². The number of rotatable bonds is 3. The first-order valence-corrected chi connectivity index (χ1v) is 4.73. The van der Waals surface area contributed by atoms with E-state index in [0.717, 1.165) is 0 Å². The van der Waals surface area contributed by atoms with Crippen molar-refractivity contribution in [2.24, 2.45) is 5.73 Å². The van der Waals surface area contributed by atoms with Crippen molar-refractivity contribution < 1.29 is 10.2 Å². The molecule has 0 aliphatic heterocycles. The summed E-state index contributed by atoms with van der Waals surface area (Å²) in [6, 6.07) is 6.38. The fraction of sp³-hybridized carbons (Fsp3) is 0.300. The van der Waals surface area contributed by atoms with Crippen molar-refractivity contribution in [3.8, 4) is 6.07 Å². The number of nitrogens with zero attached hydrogens (tertiary/aromatic N) is 1. The van der Waals surface area contributed by atoms with Crippen LogP contribution in [0.2, 0.25) is 5.02 Å². The summed E-state index contributed by atoms with van der Waals surface area (Å²) in [6.07, 6.45) is -2.12. The Hall–Kier alpha value is -1.12. The van der Waals surface area contributed by atoms with Gasteiger partial charge >= 0.3 is 0 Å². The van der Waals surface area contributed by atoms with Crippen LogP contribution in [0.1, 0.15) is 17.2 Å². The number of hydrogen-bond donors (Lipinski definition) is 3. The third kappa shape index (κ3) is 2.67. The minimum absolute atomic E-state index is 0.0429. The number of aliphatic hydroxyl groups excluding tert-OH is 2. The molecule has 4 nitrogen and oxygen atoms in total. The quantitative estimate of drug-likeness (QED) is 0.703. The molecule has 0 heterocycles. The lowest BCUT2D eigenvalue weighted by Crippen LogP contribution is -2.27. The van der Waals surface area contributed by atoms with E-state index in [2.05, 4.69) is 0 Å². The molecule has 0 fully saturated rings. The first kappa shape index (κ1) is 12.0. The molecule has 1 aromatic carbocycles. The van der Waals surface area contributed by atoms with Crippen LogP contribution in [0.5, 0.6) is 0 Å². The highest BCUT2D eigenvalue weighted by atomic mass is 35.5. The molecule has 80 valence electrons. The number of nitrogens with two attached hydrogens (primary N) is 1. The molecule has 0 saturated carbocycles. The Bertz CT molecular complexity index is 389. The second-order valence-corrected chi connectivity index (χ2v) is 3.51. The smallest absolute Gasteiger partial charge is 0.106 e. The number of aliphatic hydroxyl groups is 2. The van der Waals surface area contributed by atoms with E-state index in [-0.39, 0.29) is 11.6 Å². The van der Waals surface area contributed by atoms with Crippen LogP contribution in [0.25, 0.3) is 0 Å². The minimum Gasteiger partial charge on any atom is -0.389 e. The second kappa shape index (κ2) is 5.10. The standard InChI is InChI=1S/C10H11ClN2O2/c11-8-3-6(1-2-7(8)4-12)10(15)9(14)5-13/h1-3,9-10,14-15H,5,13H2. The van der Waals surface area contributed by atoms with Crippen LogP contribution in [-0.2, 0) is 0 Å². The molecule has 0 radical (unpaired) electrons. The molecule has 0 aliphatic rings. The molecule has 0 saturated heterocycles. The number of nitriles is 1. The van der Waals surface area contributed by atoms with Crippen LogP contribution in [-0.4, -0.2) is 22.9 Å². The molecular weight excluding hydrogens is 216 g/mol. The first-order valence-electron chi connectivity index (χ1n) is 4.36. The zero-order valence-electron chi connectivity index (χ0n) is 7.89. The van der Waals surface area contributed by atoms with E-state index in [9.17, 15) is 10.2 Å². The fourth-order valence-electron chi connectivity index (χ4n) is 1.16. The fourth-order valence-corrected chi connectivity index (χ4v) is 1.39. The summed E-state index contributed by atoms with van der Waals surface area (Å²) in [5.74, 6) is 0. The summed E-state index contributed by atoms with van der Waals surface area (Å²) in [5, 5.41) is 27.8. The van der Waals surface area contributed by atoms with Gasteiger partial charge in [-0.1, -0.05) is 17.7 Å². The highest BCUT2D eigenvalue weighted by molar-refractivity contribution is 6.31. The van der Waals surface area contributed by atoms with Gasteiger partial charge in [0.15, 0.2) is 0 Å². The van der Waals surface area contributed by atoms with E-state index in [0.29, 0.717) is 11.1 Å². The van der Waals surface area contributed by atoms with Gasteiger partial charge in [-0.3, -0.25) is 0 Å². The third-order valence-electron chi connectivity index (χ3n) is 2.06. The van der Waals surface area contributed by atoms with E-state index in [1.165, 1.54) is 18.2 Å². The predicted molar refractivity (Wildman–Crippen MR) is 56.2 cm³/mol. The minimum atomic E-state index is -1.08. The lowest BCUT2D eigenvalue weighted by Gasteiger charge is -2.16. The summed E-state index contributed by atoms with van der Waals surface area (Å²) in [4.78, 5) is 0. The molecule has 0 spiro atoms. The number of halogens is 1. The monoisotopic (exact) mass is 226 g/mol. The van der Waals surface area contributed by atoms with Crippen molar-refractivity contribution >= 4 is 11.6 Å². The lowest BCUT2D eigenvalue weighted by molar-refractivity contribution is 0.0243. The van der Waals surface area contributed by atoms with Gasteiger partial charge < -0.3 is 15.9 Å². The van der Waals surface area contributed by atoms with Gasteiger partial charge in [0.05, 0.1) is 16.7 Å². The van der Waals surface area contributed by atoms with Crippen molar-refractivity contribution in [2.75, 3.05) is 6.54 Å². The lowest BCUT2D eigenvalue weighted by atomic mass is 10.0. The molecule has 5 heteroatoms. The maximum absolute atomic E-state index is 9.61. The molecule has 1 rings (SSSR count). The average Bonchev–Trinajstić information content (AvgIpc) is 2.26. The Morgan fingerprint density at radius 2 is 2.13 bits per heavy atom. The molecule has 2 atom stereocenters. The Morgan fingerprint density at radius 3 is 2.60 bits per heavy atom. The highest BCUT2D eigenvalue weighted by Gasteiger charge is 2.17. The van der Waals surface area contributed by atoms with Crippen LogP contribution in [0.15, 0.2) is 18.2 Å². The Balaban J connectivity index is 2.98. The van der Waals surface area contributed by atoms with E-state index in [1.54, 1.807) is 0 Å². The SMILES string of the molecule is N#Cc1ccc(C(O)C(O)CN)cc1Cl. The zero-order chi connectivity index (χ0) is 11.4. The molecule has 0 bridgehead atoms. The van der Waals surface area contributed by atoms with Gasteiger partial charge in [0.25, 0.3) is 0 Å². The summed E-state index contributed by atoms with van der Waals surface area (Å²) < 4.78 is 0. The van der Waals surface area contributed by atoms with Gasteiger partial charge in [0, 0.05) is 6.54 Å². The van der Waals surface area contributed by atoms with Crippen LogP contribution < -0.4 is 5.73 Å². The van der Waals surface area contributed by atoms with Crippen molar-refractivity contribution in [2.45, 2.75) is 12.2 Å². The van der Waals surface area contributed by atoms with Gasteiger partial charge in [-0.15, -0.1) is 0 Å². The van der Waals surface area contributed by atoms with Gasteiger partial charge in [0.1, 0.15) is 12.2 Å². The van der Waals surface area contributed by atoms with Gasteiger partial charge in [0.2, 0.25) is 0 Å². The van der Waals surface area contributed by atoms with E-state index >= 15 is 0 Å². The molecule has 2 unspecified atom stereocenters. The van der Waals surface area contributed by atoms with Crippen molar-refractivity contribution in [1.82, 2.24) is 0 Å². The summed E-state index contributed by atoms with van der Waals surface area (Å²) >= 11 is 5.77.